The molecule has 1 heterocycles. The number of hydrogen-bond donors (Lipinski definition) is 1. The first-order valence-corrected chi connectivity index (χ1v) is 5.12. The Bertz CT molecular complexity index is 448. The Kier molecular flexibility index (Phi) is 3.04. The summed E-state index contributed by atoms with van der Waals surface area (Å²) in [7, 11) is 1.72. The molecule has 0 aliphatic heterocycles. The smallest absolute Gasteiger partial charge is 0.0641 e. The zero-order chi connectivity index (χ0) is 10.7. The second-order valence-corrected chi connectivity index (χ2v) is 3.56. The molecule has 0 radical (unpaired) electrons. The van der Waals surface area contributed by atoms with Crippen molar-refractivity contribution in [3.8, 4) is 0 Å². The summed E-state index contributed by atoms with van der Waals surface area (Å²) in [5.74, 6) is 0. The summed E-state index contributed by atoms with van der Waals surface area (Å²) < 4.78 is 7.27. The van der Waals surface area contributed by atoms with Gasteiger partial charge in [-0.25, -0.2) is 0 Å². The van der Waals surface area contributed by atoms with Gasteiger partial charge in [-0.2, -0.15) is 0 Å². The molecule has 0 aliphatic rings. The van der Waals surface area contributed by atoms with Gasteiger partial charge in [0, 0.05) is 37.3 Å². The zero-order valence-electron chi connectivity index (χ0n) is 8.94. The highest BCUT2D eigenvalue weighted by Gasteiger charge is 2.03. The summed E-state index contributed by atoms with van der Waals surface area (Å²) >= 11 is 0. The summed E-state index contributed by atoms with van der Waals surface area (Å²) in [6, 6.07) is 8.36. The van der Waals surface area contributed by atoms with Gasteiger partial charge in [0.05, 0.1) is 6.61 Å². The first-order valence-electron chi connectivity index (χ1n) is 5.12. The summed E-state index contributed by atoms with van der Waals surface area (Å²) in [6.45, 7) is 2.20. The van der Waals surface area contributed by atoms with E-state index in [9.17, 15) is 0 Å². The van der Waals surface area contributed by atoms with E-state index in [1.54, 1.807) is 7.11 Å². The van der Waals surface area contributed by atoms with Crippen LogP contribution in [0.5, 0.6) is 0 Å². The number of benzene rings is 1. The molecule has 2 rings (SSSR count). The fourth-order valence-electron chi connectivity index (χ4n) is 1.85. The van der Waals surface area contributed by atoms with Crippen molar-refractivity contribution in [1.29, 1.82) is 0 Å². The van der Waals surface area contributed by atoms with Crippen LogP contribution in [0.3, 0.4) is 0 Å². The molecule has 0 spiro atoms. The van der Waals surface area contributed by atoms with Gasteiger partial charge in [0.1, 0.15) is 0 Å². The molecule has 15 heavy (non-hydrogen) atoms. The standard InChI is InChI=1S/C12H16N2O/c1-15-8-7-14-6-5-11-10(9-13)3-2-4-12(11)14/h2-6H,7-9,13H2,1H3. The van der Waals surface area contributed by atoms with Crippen molar-refractivity contribution in [2.75, 3.05) is 13.7 Å². The Morgan fingerprint density at radius 1 is 1.33 bits per heavy atom. The molecular weight excluding hydrogens is 188 g/mol. The molecule has 1 aromatic carbocycles. The van der Waals surface area contributed by atoms with Gasteiger partial charge < -0.3 is 15.0 Å². The maximum absolute atomic E-state index is 5.69. The van der Waals surface area contributed by atoms with Gasteiger partial charge >= 0.3 is 0 Å². The quantitative estimate of drug-likeness (QED) is 0.824. The Morgan fingerprint density at radius 2 is 2.20 bits per heavy atom. The number of hydrogen-bond acceptors (Lipinski definition) is 2. The van der Waals surface area contributed by atoms with Crippen LogP contribution in [0.25, 0.3) is 10.9 Å². The lowest BCUT2D eigenvalue weighted by atomic mass is 10.1. The normalized spacial score (nSPS) is 11.1. The number of rotatable bonds is 4. The fourth-order valence-corrected chi connectivity index (χ4v) is 1.85. The van der Waals surface area contributed by atoms with Crippen molar-refractivity contribution in [3.05, 3.63) is 36.0 Å². The summed E-state index contributed by atoms with van der Waals surface area (Å²) in [4.78, 5) is 0. The van der Waals surface area contributed by atoms with Crippen molar-refractivity contribution in [2.24, 2.45) is 5.73 Å². The van der Waals surface area contributed by atoms with E-state index in [2.05, 4.69) is 29.0 Å². The topological polar surface area (TPSA) is 40.2 Å². The molecular formula is C12H16N2O. The van der Waals surface area contributed by atoms with E-state index in [0.29, 0.717) is 6.54 Å². The lowest BCUT2D eigenvalue weighted by molar-refractivity contribution is 0.188. The van der Waals surface area contributed by atoms with Crippen molar-refractivity contribution in [1.82, 2.24) is 4.57 Å². The molecule has 2 aromatic rings. The minimum Gasteiger partial charge on any atom is -0.383 e. The van der Waals surface area contributed by atoms with E-state index < -0.39 is 0 Å². The van der Waals surface area contributed by atoms with Crippen molar-refractivity contribution in [2.45, 2.75) is 13.1 Å². The first-order chi connectivity index (χ1) is 7.36. The molecule has 0 aliphatic carbocycles. The molecule has 0 saturated carbocycles. The molecule has 0 unspecified atom stereocenters. The number of nitrogens with zero attached hydrogens (tertiary/aromatic N) is 1. The minimum absolute atomic E-state index is 0.589. The third kappa shape index (κ3) is 1.89. The van der Waals surface area contributed by atoms with Gasteiger partial charge in [-0.1, -0.05) is 12.1 Å². The van der Waals surface area contributed by atoms with Gasteiger partial charge in [0.25, 0.3) is 0 Å². The van der Waals surface area contributed by atoms with Crippen molar-refractivity contribution >= 4 is 10.9 Å². The van der Waals surface area contributed by atoms with E-state index in [4.69, 9.17) is 10.5 Å². The van der Waals surface area contributed by atoms with E-state index in [-0.39, 0.29) is 0 Å². The molecule has 0 saturated heterocycles. The number of ether oxygens (including phenoxy) is 1. The van der Waals surface area contributed by atoms with Gasteiger partial charge in [0.15, 0.2) is 0 Å². The maximum Gasteiger partial charge on any atom is 0.0641 e. The second kappa shape index (κ2) is 4.47. The molecule has 80 valence electrons. The molecule has 3 nitrogen and oxygen atoms in total. The van der Waals surface area contributed by atoms with E-state index in [1.165, 1.54) is 16.5 Å². The van der Waals surface area contributed by atoms with Crippen LogP contribution in [-0.4, -0.2) is 18.3 Å². The number of nitrogens with two attached hydrogens (primary N) is 1. The lowest BCUT2D eigenvalue weighted by Crippen LogP contribution is -2.03. The van der Waals surface area contributed by atoms with Crippen LogP contribution >= 0.6 is 0 Å². The molecule has 0 amide bonds. The number of methoxy groups -OCH3 is 1. The van der Waals surface area contributed by atoms with Gasteiger partial charge in [-0.15, -0.1) is 0 Å². The second-order valence-electron chi connectivity index (χ2n) is 3.56. The van der Waals surface area contributed by atoms with Crippen LogP contribution < -0.4 is 5.73 Å². The average Bonchev–Trinajstić information content (AvgIpc) is 2.69. The average molecular weight is 204 g/mol. The Hall–Kier alpha value is -1.32. The Morgan fingerprint density at radius 3 is 2.93 bits per heavy atom. The Labute approximate surface area is 89.4 Å². The van der Waals surface area contributed by atoms with Gasteiger partial charge in [-0.3, -0.25) is 0 Å². The van der Waals surface area contributed by atoms with E-state index in [1.807, 2.05) is 6.07 Å². The van der Waals surface area contributed by atoms with Gasteiger partial charge in [0.2, 0.25) is 0 Å². The van der Waals surface area contributed by atoms with E-state index >= 15 is 0 Å². The van der Waals surface area contributed by atoms with E-state index in [0.717, 1.165) is 13.2 Å². The summed E-state index contributed by atoms with van der Waals surface area (Å²) in [5.41, 5.74) is 8.12. The largest absolute Gasteiger partial charge is 0.383 e. The molecule has 2 N–H and O–H groups in total. The monoisotopic (exact) mass is 204 g/mol. The van der Waals surface area contributed by atoms with Crippen molar-refractivity contribution in [3.63, 3.8) is 0 Å². The van der Waals surface area contributed by atoms with Crippen LogP contribution in [0.1, 0.15) is 5.56 Å². The van der Waals surface area contributed by atoms with Gasteiger partial charge in [-0.05, 0) is 17.7 Å². The number of fused-ring (bicyclic) bond motifs is 1. The molecule has 1 aromatic heterocycles. The van der Waals surface area contributed by atoms with Crippen LogP contribution in [0.2, 0.25) is 0 Å². The molecule has 3 heteroatoms. The Balaban J connectivity index is 2.42. The molecule has 0 atom stereocenters. The molecule has 0 fully saturated rings. The SMILES string of the molecule is COCCn1ccc2c(CN)cccc21. The zero-order valence-corrected chi connectivity index (χ0v) is 8.94. The lowest BCUT2D eigenvalue weighted by Gasteiger charge is -2.05. The van der Waals surface area contributed by atoms with Crippen molar-refractivity contribution < 1.29 is 4.74 Å². The highest BCUT2D eigenvalue weighted by molar-refractivity contribution is 5.83. The fraction of sp³-hybridized carbons (Fsp3) is 0.333. The highest BCUT2D eigenvalue weighted by Crippen LogP contribution is 2.19. The first kappa shape index (κ1) is 10.2. The van der Waals surface area contributed by atoms with Crippen LogP contribution in [0.15, 0.2) is 30.5 Å². The van der Waals surface area contributed by atoms with Crippen LogP contribution in [-0.2, 0) is 17.8 Å². The molecule has 0 bridgehead atoms. The summed E-state index contributed by atoms with van der Waals surface area (Å²) in [6.07, 6.45) is 2.09. The predicted octanol–water partition coefficient (Wildman–Crippen LogP) is 1.75. The highest BCUT2D eigenvalue weighted by atomic mass is 16.5. The number of aromatic nitrogens is 1. The predicted molar refractivity (Wildman–Crippen MR) is 61.7 cm³/mol. The van der Waals surface area contributed by atoms with Crippen LogP contribution in [0, 0.1) is 0 Å². The minimum atomic E-state index is 0.589. The third-order valence-corrected chi connectivity index (χ3v) is 2.66. The third-order valence-electron chi connectivity index (χ3n) is 2.66. The van der Waals surface area contributed by atoms with Crippen LogP contribution in [0.4, 0.5) is 0 Å². The maximum atomic E-state index is 5.69. The summed E-state index contributed by atoms with van der Waals surface area (Å²) in [5, 5.41) is 1.25.